The molecule has 2 aliphatic carbocycles. The second-order valence-electron chi connectivity index (χ2n) is 8.53. The normalized spacial score (nSPS) is 32.0. The lowest BCUT2D eigenvalue weighted by atomic mass is 9.53. The van der Waals surface area contributed by atoms with Crippen molar-refractivity contribution in [1.29, 1.82) is 0 Å². The van der Waals surface area contributed by atoms with Gasteiger partial charge in [-0.15, -0.1) is 0 Å². The number of benzene rings is 2. The number of hydrogen-bond acceptors (Lipinski definition) is 4. The monoisotopic (exact) mass is 373 g/mol. The molecule has 4 nitrogen and oxygen atoms in total. The largest absolute Gasteiger partial charge is 0.485 e. The molecule has 0 amide bonds. The Kier molecular flexibility index (Phi) is 3.34. The molecule has 2 bridgehead atoms. The Morgan fingerprint density at radius 3 is 2.93 bits per heavy atom. The van der Waals surface area contributed by atoms with Crippen LogP contribution in [0, 0.1) is 5.92 Å². The summed E-state index contributed by atoms with van der Waals surface area (Å²) in [4.78, 5) is 15.3. The van der Waals surface area contributed by atoms with Gasteiger partial charge < -0.3 is 14.4 Å². The third-order valence-corrected chi connectivity index (χ3v) is 7.22. The van der Waals surface area contributed by atoms with Crippen LogP contribution in [0.2, 0.25) is 0 Å². The molecule has 1 fully saturated rings. The second-order valence-corrected chi connectivity index (χ2v) is 8.53. The predicted octanol–water partition coefficient (Wildman–Crippen LogP) is 3.28. The molecular formula is C24H23NO3. The molecule has 6 rings (SSSR count). The zero-order chi connectivity index (χ0) is 18.9. The summed E-state index contributed by atoms with van der Waals surface area (Å²) in [6, 6.07) is 14.8. The Bertz CT molecular complexity index is 998. The molecule has 0 N–H and O–H groups in total. The van der Waals surface area contributed by atoms with E-state index in [2.05, 4.69) is 36.2 Å². The molecule has 0 saturated carbocycles. The van der Waals surface area contributed by atoms with E-state index < -0.39 is 6.10 Å². The average molecular weight is 373 g/mol. The molecule has 0 radical (unpaired) electrons. The lowest BCUT2D eigenvalue weighted by molar-refractivity contribution is -0.127. The van der Waals surface area contributed by atoms with Crippen LogP contribution < -0.4 is 9.47 Å². The number of likely N-dealkylation sites (tertiary alicyclic amines) is 1. The van der Waals surface area contributed by atoms with Gasteiger partial charge in [0.2, 0.25) is 0 Å². The highest BCUT2D eigenvalue weighted by Gasteiger charge is 2.64. The fraction of sp³-hybridized carbons (Fsp3) is 0.375. The highest BCUT2D eigenvalue weighted by molar-refractivity contribution is 5.98. The third kappa shape index (κ3) is 2.01. The Morgan fingerprint density at radius 1 is 1.21 bits per heavy atom. The minimum Gasteiger partial charge on any atom is -0.485 e. The van der Waals surface area contributed by atoms with Crippen LogP contribution >= 0.6 is 0 Å². The summed E-state index contributed by atoms with van der Waals surface area (Å²) in [6.07, 6.45) is 5.44. The van der Waals surface area contributed by atoms with E-state index in [1.54, 1.807) is 6.08 Å². The van der Waals surface area contributed by atoms with E-state index in [9.17, 15) is 4.79 Å². The molecule has 142 valence electrons. The summed E-state index contributed by atoms with van der Waals surface area (Å²) in [7, 11) is 2.20. The van der Waals surface area contributed by atoms with Gasteiger partial charge in [-0.2, -0.15) is 0 Å². The average Bonchev–Trinajstić information content (AvgIpc) is 3.07. The van der Waals surface area contributed by atoms with Crippen molar-refractivity contribution in [2.75, 3.05) is 13.6 Å². The highest BCUT2D eigenvalue weighted by Crippen LogP contribution is 2.61. The van der Waals surface area contributed by atoms with Crippen molar-refractivity contribution >= 4 is 5.78 Å². The number of hydrogen-bond donors (Lipinski definition) is 0. The standard InChI is InChI=1S/C24H23NO3/c1-25-12-11-24-17-8-9-19(26)23(24)28-22-20(27-14-15-5-3-2-4-6-15)10-7-16(21(22)24)13-18(17)25/h2-10,17-18,23H,11-14H2,1H3/t17-,18+,23-,24-/m0/s1. The van der Waals surface area contributed by atoms with Gasteiger partial charge >= 0.3 is 0 Å². The summed E-state index contributed by atoms with van der Waals surface area (Å²) in [5, 5.41) is 0. The second kappa shape index (κ2) is 5.71. The fourth-order valence-electron chi connectivity index (χ4n) is 5.92. The molecule has 2 aliphatic heterocycles. The van der Waals surface area contributed by atoms with E-state index in [-0.39, 0.29) is 11.2 Å². The van der Waals surface area contributed by atoms with E-state index in [4.69, 9.17) is 9.47 Å². The lowest BCUT2D eigenvalue weighted by Crippen LogP contribution is -2.64. The van der Waals surface area contributed by atoms with Gasteiger partial charge in [-0.25, -0.2) is 0 Å². The van der Waals surface area contributed by atoms with Crippen molar-refractivity contribution in [2.24, 2.45) is 5.92 Å². The summed E-state index contributed by atoms with van der Waals surface area (Å²) < 4.78 is 12.6. The van der Waals surface area contributed by atoms with Crippen molar-refractivity contribution in [1.82, 2.24) is 4.90 Å². The van der Waals surface area contributed by atoms with Crippen molar-refractivity contribution in [2.45, 2.75) is 37.0 Å². The molecule has 4 atom stereocenters. The first-order valence-electron chi connectivity index (χ1n) is 10.1. The zero-order valence-corrected chi connectivity index (χ0v) is 15.9. The van der Waals surface area contributed by atoms with Crippen LogP contribution in [0.5, 0.6) is 11.5 Å². The highest BCUT2D eigenvalue weighted by atomic mass is 16.5. The molecule has 0 unspecified atom stereocenters. The fourth-order valence-corrected chi connectivity index (χ4v) is 5.92. The molecule has 1 spiro atoms. The number of rotatable bonds is 3. The van der Waals surface area contributed by atoms with Gasteiger partial charge in [0.25, 0.3) is 0 Å². The molecule has 1 saturated heterocycles. The molecule has 2 aromatic carbocycles. The van der Waals surface area contributed by atoms with Crippen LogP contribution in [-0.4, -0.2) is 36.4 Å². The quantitative estimate of drug-likeness (QED) is 0.828. The molecule has 28 heavy (non-hydrogen) atoms. The maximum absolute atomic E-state index is 12.8. The topological polar surface area (TPSA) is 38.8 Å². The van der Waals surface area contributed by atoms with Gasteiger partial charge in [0.15, 0.2) is 23.4 Å². The van der Waals surface area contributed by atoms with Crippen molar-refractivity contribution < 1.29 is 14.3 Å². The van der Waals surface area contributed by atoms with Crippen LogP contribution in [0.4, 0.5) is 0 Å². The van der Waals surface area contributed by atoms with Crippen molar-refractivity contribution in [3.63, 3.8) is 0 Å². The van der Waals surface area contributed by atoms with Crippen LogP contribution in [0.25, 0.3) is 0 Å². The Hall–Kier alpha value is -2.59. The van der Waals surface area contributed by atoms with E-state index in [0.29, 0.717) is 18.6 Å². The van der Waals surface area contributed by atoms with Gasteiger partial charge in [-0.1, -0.05) is 42.5 Å². The van der Waals surface area contributed by atoms with Gasteiger partial charge in [0.05, 0.1) is 5.41 Å². The molecule has 2 aromatic rings. The number of piperidine rings is 1. The van der Waals surface area contributed by atoms with Gasteiger partial charge in [-0.05, 0) is 49.7 Å². The minimum atomic E-state index is -0.408. The zero-order valence-electron chi connectivity index (χ0n) is 15.9. The number of carbonyl (C=O) groups is 1. The molecule has 2 heterocycles. The lowest BCUT2D eigenvalue weighted by Gasteiger charge is -2.55. The predicted molar refractivity (Wildman–Crippen MR) is 106 cm³/mol. The molecule has 0 aromatic heterocycles. The summed E-state index contributed by atoms with van der Waals surface area (Å²) in [6.45, 7) is 1.49. The van der Waals surface area contributed by atoms with Gasteiger partial charge in [-0.3, -0.25) is 4.79 Å². The molecular weight excluding hydrogens is 350 g/mol. The van der Waals surface area contributed by atoms with Crippen molar-refractivity contribution in [3.05, 3.63) is 71.3 Å². The maximum Gasteiger partial charge on any atom is 0.196 e. The Labute approximate surface area is 164 Å². The molecule has 4 heteroatoms. The number of likely N-dealkylation sites (N-methyl/N-ethyl adjacent to an activating group) is 1. The van der Waals surface area contributed by atoms with Crippen LogP contribution in [0.1, 0.15) is 23.1 Å². The van der Waals surface area contributed by atoms with Gasteiger partial charge in [0.1, 0.15) is 6.61 Å². The first-order chi connectivity index (χ1) is 13.7. The van der Waals surface area contributed by atoms with E-state index in [1.807, 2.05) is 24.3 Å². The third-order valence-electron chi connectivity index (χ3n) is 7.22. The number of carbonyl (C=O) groups excluding carboxylic acids is 1. The first kappa shape index (κ1) is 16.4. The van der Waals surface area contributed by atoms with E-state index >= 15 is 0 Å². The van der Waals surface area contributed by atoms with Gasteiger partial charge in [0, 0.05) is 17.5 Å². The molecule has 4 aliphatic rings. The smallest absolute Gasteiger partial charge is 0.196 e. The van der Waals surface area contributed by atoms with Crippen molar-refractivity contribution in [3.8, 4) is 11.5 Å². The minimum absolute atomic E-state index is 0.0950. The van der Waals surface area contributed by atoms with Crippen LogP contribution in [-0.2, 0) is 23.2 Å². The number of nitrogens with zero attached hydrogens (tertiary/aromatic N) is 1. The first-order valence-corrected chi connectivity index (χ1v) is 10.1. The summed E-state index contributed by atoms with van der Waals surface area (Å²) in [5.41, 5.74) is 3.46. The van der Waals surface area contributed by atoms with E-state index in [1.165, 1.54) is 11.1 Å². The number of ketones is 1. The Morgan fingerprint density at radius 2 is 2.07 bits per heavy atom. The summed E-state index contributed by atoms with van der Waals surface area (Å²) >= 11 is 0. The SMILES string of the molecule is CN1CC[C@]23c4c5ccc(OCc6ccccc6)c4O[C@H]2C(=O)C=C[C@H]3[C@H]1C5. The number of ether oxygens (including phenoxy) is 2. The van der Waals surface area contributed by atoms with E-state index in [0.717, 1.165) is 36.4 Å². The van der Waals surface area contributed by atoms with Crippen LogP contribution in [0.15, 0.2) is 54.6 Å². The Balaban J connectivity index is 1.46. The maximum atomic E-state index is 12.8. The summed E-state index contributed by atoms with van der Waals surface area (Å²) in [5.74, 6) is 1.99. The van der Waals surface area contributed by atoms with Crippen LogP contribution in [0.3, 0.4) is 0 Å².